The molecule has 35 heavy (non-hydrogen) atoms. The number of fused-ring (bicyclic) bond motifs is 1. The van der Waals surface area contributed by atoms with Gasteiger partial charge >= 0.3 is 0 Å². The predicted octanol–water partition coefficient (Wildman–Crippen LogP) is 6.00. The van der Waals surface area contributed by atoms with Crippen LogP contribution in [-0.2, 0) is 11.4 Å². The summed E-state index contributed by atoms with van der Waals surface area (Å²) in [7, 11) is 1.57. The van der Waals surface area contributed by atoms with Crippen molar-refractivity contribution < 1.29 is 19.0 Å². The molecule has 7 heteroatoms. The maximum absolute atomic E-state index is 12.5. The fraction of sp³-hybridized carbons (Fsp3) is 0.143. The van der Waals surface area contributed by atoms with Crippen molar-refractivity contribution in [2.75, 3.05) is 7.11 Å². The molecular formula is C28H25ClN2O4. The second kappa shape index (κ2) is 11.4. The van der Waals surface area contributed by atoms with E-state index in [1.54, 1.807) is 26.2 Å². The molecule has 0 aromatic heterocycles. The van der Waals surface area contributed by atoms with Gasteiger partial charge in [0.05, 0.1) is 13.3 Å². The smallest absolute Gasteiger partial charge is 0.280 e. The van der Waals surface area contributed by atoms with Crippen LogP contribution >= 0.6 is 11.6 Å². The van der Waals surface area contributed by atoms with E-state index in [-0.39, 0.29) is 5.91 Å². The number of carbonyl (C=O) groups excluding carboxylic acids is 1. The third kappa shape index (κ3) is 6.31. The Hall–Kier alpha value is -4.03. The number of ether oxygens (including phenoxy) is 3. The number of rotatable bonds is 9. The van der Waals surface area contributed by atoms with E-state index in [0.29, 0.717) is 28.9 Å². The third-order valence-corrected chi connectivity index (χ3v) is 5.56. The molecule has 4 aromatic rings. The molecule has 0 heterocycles. The first kappa shape index (κ1) is 24.1. The van der Waals surface area contributed by atoms with Gasteiger partial charge in [-0.15, -0.1) is 0 Å². The van der Waals surface area contributed by atoms with E-state index in [0.717, 1.165) is 21.9 Å². The van der Waals surface area contributed by atoms with E-state index in [9.17, 15) is 4.79 Å². The average Bonchev–Trinajstić information content (AvgIpc) is 2.88. The largest absolute Gasteiger partial charge is 0.493 e. The summed E-state index contributed by atoms with van der Waals surface area (Å²) in [6.07, 6.45) is 0.810. The van der Waals surface area contributed by atoms with Crippen LogP contribution in [0.2, 0.25) is 5.02 Å². The second-order valence-corrected chi connectivity index (χ2v) is 8.23. The number of methoxy groups -OCH3 is 1. The molecule has 0 fully saturated rings. The van der Waals surface area contributed by atoms with Gasteiger partial charge in [-0.25, -0.2) is 5.43 Å². The molecule has 0 spiro atoms. The molecule has 178 valence electrons. The summed E-state index contributed by atoms with van der Waals surface area (Å²) in [6, 6.07) is 26.5. The summed E-state index contributed by atoms with van der Waals surface area (Å²) in [5.74, 6) is 1.44. The van der Waals surface area contributed by atoms with Crippen molar-refractivity contribution in [3.05, 3.63) is 101 Å². The van der Waals surface area contributed by atoms with E-state index in [1.807, 2.05) is 72.8 Å². The van der Waals surface area contributed by atoms with E-state index >= 15 is 0 Å². The van der Waals surface area contributed by atoms with Crippen LogP contribution in [0.1, 0.15) is 18.1 Å². The molecule has 0 radical (unpaired) electrons. The van der Waals surface area contributed by atoms with Gasteiger partial charge in [-0.1, -0.05) is 60.1 Å². The van der Waals surface area contributed by atoms with Crippen LogP contribution in [0.15, 0.2) is 90.0 Å². The van der Waals surface area contributed by atoms with Gasteiger partial charge < -0.3 is 14.2 Å². The number of nitrogens with one attached hydrogen (secondary N) is 1. The Morgan fingerprint density at radius 1 is 0.971 bits per heavy atom. The number of nitrogens with zero attached hydrogens (tertiary/aromatic N) is 1. The van der Waals surface area contributed by atoms with Gasteiger partial charge in [0.2, 0.25) is 0 Å². The minimum Gasteiger partial charge on any atom is -0.493 e. The summed E-state index contributed by atoms with van der Waals surface area (Å²) in [4.78, 5) is 12.5. The Morgan fingerprint density at radius 2 is 1.74 bits per heavy atom. The summed E-state index contributed by atoms with van der Waals surface area (Å²) in [5.41, 5.74) is 4.26. The molecule has 4 rings (SSSR count). The van der Waals surface area contributed by atoms with Crippen molar-refractivity contribution in [3.8, 4) is 17.2 Å². The number of carbonyl (C=O) groups is 1. The molecule has 0 unspecified atom stereocenters. The molecule has 0 bridgehead atoms. The molecule has 0 saturated carbocycles. The third-order valence-electron chi connectivity index (χ3n) is 5.31. The van der Waals surface area contributed by atoms with Crippen molar-refractivity contribution in [2.24, 2.45) is 5.10 Å². The van der Waals surface area contributed by atoms with Crippen LogP contribution in [0.25, 0.3) is 10.8 Å². The van der Waals surface area contributed by atoms with Crippen molar-refractivity contribution >= 4 is 34.5 Å². The highest BCUT2D eigenvalue weighted by Crippen LogP contribution is 2.29. The van der Waals surface area contributed by atoms with Crippen molar-refractivity contribution in [2.45, 2.75) is 19.6 Å². The molecule has 1 atom stereocenters. The number of halogens is 1. The summed E-state index contributed by atoms with van der Waals surface area (Å²) in [6.45, 7) is 2.06. The number of hydrogen-bond donors (Lipinski definition) is 1. The van der Waals surface area contributed by atoms with Crippen LogP contribution < -0.4 is 19.6 Å². The molecule has 0 aliphatic rings. The highest BCUT2D eigenvalue weighted by atomic mass is 35.5. The van der Waals surface area contributed by atoms with Gasteiger partial charge in [-0.05, 0) is 59.8 Å². The zero-order chi connectivity index (χ0) is 24.6. The van der Waals surface area contributed by atoms with Gasteiger partial charge in [0.25, 0.3) is 5.91 Å². The highest BCUT2D eigenvalue weighted by Gasteiger charge is 2.15. The van der Waals surface area contributed by atoms with Crippen LogP contribution in [0.4, 0.5) is 0 Å². The SMILES string of the molecule is COc1cc(/C=N\NC(=O)[C@@H](C)Oc2cccc3ccccc23)ccc1OCc1ccc(Cl)cc1. The lowest BCUT2D eigenvalue weighted by Gasteiger charge is -2.14. The minimum atomic E-state index is -0.726. The van der Waals surface area contributed by atoms with E-state index < -0.39 is 6.10 Å². The first-order valence-corrected chi connectivity index (χ1v) is 11.4. The zero-order valence-corrected chi connectivity index (χ0v) is 20.2. The zero-order valence-electron chi connectivity index (χ0n) is 19.4. The molecule has 0 aliphatic carbocycles. The maximum atomic E-state index is 12.5. The average molecular weight is 489 g/mol. The standard InChI is InChI=1S/C28H25ClN2O4/c1-19(35-25-9-5-7-22-6-3-4-8-24(22)25)28(32)31-30-17-21-12-15-26(27(16-21)33-2)34-18-20-10-13-23(29)14-11-20/h3-17,19H,18H2,1-2H3,(H,31,32)/b30-17-/t19-/m1/s1. The van der Waals surface area contributed by atoms with Crippen molar-refractivity contribution in [1.29, 1.82) is 0 Å². The lowest BCUT2D eigenvalue weighted by Crippen LogP contribution is -2.33. The normalized spacial score (nSPS) is 11.9. The Kier molecular flexibility index (Phi) is 7.85. The summed E-state index contributed by atoms with van der Waals surface area (Å²) in [5, 5.41) is 6.73. The number of benzene rings is 4. The Labute approximate surface area is 209 Å². The summed E-state index contributed by atoms with van der Waals surface area (Å²) < 4.78 is 17.2. The number of hydrogen-bond acceptors (Lipinski definition) is 5. The van der Waals surface area contributed by atoms with E-state index in [4.69, 9.17) is 25.8 Å². The van der Waals surface area contributed by atoms with E-state index in [1.165, 1.54) is 6.21 Å². The monoisotopic (exact) mass is 488 g/mol. The molecule has 1 N–H and O–H groups in total. The maximum Gasteiger partial charge on any atom is 0.280 e. The van der Waals surface area contributed by atoms with Gasteiger partial charge in [0.15, 0.2) is 17.6 Å². The number of amides is 1. The quantitative estimate of drug-likeness (QED) is 0.232. The topological polar surface area (TPSA) is 69.2 Å². The fourth-order valence-electron chi connectivity index (χ4n) is 3.43. The molecular weight excluding hydrogens is 464 g/mol. The highest BCUT2D eigenvalue weighted by molar-refractivity contribution is 6.30. The van der Waals surface area contributed by atoms with Gasteiger partial charge in [0, 0.05) is 10.4 Å². The molecule has 0 saturated heterocycles. The Bertz CT molecular complexity index is 1330. The Balaban J connectivity index is 1.34. The van der Waals surface area contributed by atoms with Gasteiger partial charge in [-0.2, -0.15) is 5.10 Å². The minimum absolute atomic E-state index is 0.357. The molecule has 6 nitrogen and oxygen atoms in total. The van der Waals surface area contributed by atoms with Crippen LogP contribution in [0.3, 0.4) is 0 Å². The molecule has 1 amide bonds. The van der Waals surface area contributed by atoms with Crippen LogP contribution in [-0.4, -0.2) is 25.3 Å². The Morgan fingerprint density at radius 3 is 2.54 bits per heavy atom. The molecule has 0 aliphatic heterocycles. The van der Waals surface area contributed by atoms with Crippen LogP contribution in [0, 0.1) is 0 Å². The second-order valence-electron chi connectivity index (χ2n) is 7.80. The van der Waals surface area contributed by atoms with Crippen molar-refractivity contribution in [1.82, 2.24) is 5.43 Å². The first-order chi connectivity index (χ1) is 17.0. The predicted molar refractivity (Wildman–Crippen MR) is 139 cm³/mol. The lowest BCUT2D eigenvalue weighted by molar-refractivity contribution is -0.127. The summed E-state index contributed by atoms with van der Waals surface area (Å²) >= 11 is 5.92. The van der Waals surface area contributed by atoms with Gasteiger partial charge in [0.1, 0.15) is 12.4 Å². The number of hydrazone groups is 1. The van der Waals surface area contributed by atoms with E-state index in [2.05, 4.69) is 10.5 Å². The first-order valence-electron chi connectivity index (χ1n) is 11.1. The van der Waals surface area contributed by atoms with Crippen molar-refractivity contribution in [3.63, 3.8) is 0 Å². The fourth-order valence-corrected chi connectivity index (χ4v) is 3.56. The molecule has 4 aromatic carbocycles. The lowest BCUT2D eigenvalue weighted by atomic mass is 10.1. The van der Waals surface area contributed by atoms with Gasteiger partial charge in [-0.3, -0.25) is 4.79 Å². The van der Waals surface area contributed by atoms with Crippen LogP contribution in [0.5, 0.6) is 17.2 Å².